The average Bonchev–Trinajstić information content (AvgIpc) is 2.63. The second-order valence-corrected chi connectivity index (χ2v) is 7.11. The number of hydrogen-bond acceptors (Lipinski definition) is 3. The van der Waals surface area contributed by atoms with Crippen LogP contribution < -0.4 is 5.32 Å². The number of ether oxygens (including phenoxy) is 1. The number of esters is 1. The summed E-state index contributed by atoms with van der Waals surface area (Å²) in [5.74, 6) is -0.931. The molecule has 3 rings (SSSR count). The van der Waals surface area contributed by atoms with Gasteiger partial charge in [0.1, 0.15) is 0 Å². The van der Waals surface area contributed by atoms with E-state index >= 15 is 0 Å². The van der Waals surface area contributed by atoms with Gasteiger partial charge in [-0.05, 0) is 54.5 Å². The van der Waals surface area contributed by atoms with Crippen LogP contribution in [-0.4, -0.2) is 18.5 Å². The Morgan fingerprint density at radius 3 is 2.42 bits per heavy atom. The van der Waals surface area contributed by atoms with Gasteiger partial charge in [-0.3, -0.25) is 9.59 Å². The van der Waals surface area contributed by atoms with Crippen LogP contribution in [-0.2, 0) is 33.6 Å². The number of para-hydroxylation sites is 1. The highest BCUT2D eigenvalue weighted by molar-refractivity contribution is 6.39. The number of amides is 1. The van der Waals surface area contributed by atoms with E-state index in [9.17, 15) is 9.59 Å². The van der Waals surface area contributed by atoms with Gasteiger partial charge in [-0.25, -0.2) is 0 Å². The normalized spacial score (nSPS) is 13.0. The van der Waals surface area contributed by atoms with E-state index in [1.54, 1.807) is 18.2 Å². The summed E-state index contributed by atoms with van der Waals surface area (Å²) in [5, 5.41) is 3.21. The summed E-state index contributed by atoms with van der Waals surface area (Å²) >= 11 is 12.0. The second kappa shape index (κ2) is 8.56. The molecule has 2 aromatic carbocycles. The van der Waals surface area contributed by atoms with Gasteiger partial charge in [-0.2, -0.15) is 0 Å². The largest absolute Gasteiger partial charge is 0.455 e. The standard InChI is InChI=1S/C20H19Cl2NO3/c21-16-6-3-7-17(22)20(16)23-18(24)12-26-19(25)11-13-8-9-14-4-1-2-5-15(14)10-13/h3,6-10H,1-2,4-5,11-12H2,(H,23,24). The minimum Gasteiger partial charge on any atom is -0.455 e. The lowest BCUT2D eigenvalue weighted by Crippen LogP contribution is -2.22. The zero-order valence-electron chi connectivity index (χ0n) is 14.2. The molecule has 1 aliphatic carbocycles. The molecule has 2 aromatic rings. The number of rotatable bonds is 5. The molecule has 0 saturated heterocycles. The molecule has 1 aliphatic rings. The van der Waals surface area contributed by atoms with E-state index in [1.165, 1.54) is 24.0 Å². The van der Waals surface area contributed by atoms with Crippen LogP contribution >= 0.6 is 23.2 Å². The van der Waals surface area contributed by atoms with E-state index in [2.05, 4.69) is 17.4 Å². The summed E-state index contributed by atoms with van der Waals surface area (Å²) < 4.78 is 5.07. The zero-order valence-corrected chi connectivity index (χ0v) is 15.7. The van der Waals surface area contributed by atoms with Crippen LogP contribution in [0.2, 0.25) is 10.0 Å². The van der Waals surface area contributed by atoms with Crippen LogP contribution in [0, 0.1) is 0 Å². The Morgan fingerprint density at radius 2 is 1.69 bits per heavy atom. The van der Waals surface area contributed by atoms with Crippen LogP contribution in [0.1, 0.15) is 29.5 Å². The van der Waals surface area contributed by atoms with Crippen molar-refractivity contribution in [2.75, 3.05) is 11.9 Å². The first-order valence-electron chi connectivity index (χ1n) is 8.53. The number of carbonyl (C=O) groups excluding carboxylic acids is 2. The quantitative estimate of drug-likeness (QED) is 0.757. The Kier molecular flexibility index (Phi) is 6.17. The number of anilines is 1. The smallest absolute Gasteiger partial charge is 0.310 e. The van der Waals surface area contributed by atoms with Crippen molar-refractivity contribution in [1.29, 1.82) is 0 Å². The number of nitrogens with one attached hydrogen (secondary N) is 1. The molecule has 0 atom stereocenters. The lowest BCUT2D eigenvalue weighted by atomic mass is 9.90. The molecule has 0 spiro atoms. The average molecular weight is 392 g/mol. The predicted molar refractivity (Wildman–Crippen MR) is 103 cm³/mol. The topological polar surface area (TPSA) is 55.4 Å². The van der Waals surface area contributed by atoms with E-state index in [4.69, 9.17) is 27.9 Å². The summed E-state index contributed by atoms with van der Waals surface area (Å²) in [6, 6.07) is 11.0. The molecule has 1 N–H and O–H groups in total. The Morgan fingerprint density at radius 1 is 1.00 bits per heavy atom. The first-order chi connectivity index (χ1) is 12.5. The highest BCUT2D eigenvalue weighted by atomic mass is 35.5. The maximum Gasteiger partial charge on any atom is 0.310 e. The van der Waals surface area contributed by atoms with Crippen LogP contribution in [0.15, 0.2) is 36.4 Å². The molecule has 0 saturated carbocycles. The molecule has 6 heteroatoms. The fourth-order valence-corrected chi connectivity index (χ4v) is 3.55. The molecule has 0 aromatic heterocycles. The highest BCUT2D eigenvalue weighted by Crippen LogP contribution is 2.29. The number of carbonyl (C=O) groups is 2. The van der Waals surface area contributed by atoms with Crippen molar-refractivity contribution in [3.8, 4) is 0 Å². The first kappa shape index (κ1) is 18.7. The van der Waals surface area contributed by atoms with Gasteiger partial charge < -0.3 is 10.1 Å². The molecule has 0 fully saturated rings. The lowest BCUT2D eigenvalue weighted by molar-refractivity contribution is -0.146. The van der Waals surface area contributed by atoms with Crippen LogP contribution in [0.25, 0.3) is 0 Å². The van der Waals surface area contributed by atoms with Crippen LogP contribution in [0.5, 0.6) is 0 Å². The number of fused-ring (bicyclic) bond motifs is 1. The van der Waals surface area contributed by atoms with Gasteiger partial charge in [0, 0.05) is 0 Å². The summed E-state index contributed by atoms with van der Waals surface area (Å²) in [6.45, 7) is -0.384. The molecule has 0 bridgehead atoms. The molecule has 1 amide bonds. The van der Waals surface area contributed by atoms with E-state index in [0.29, 0.717) is 15.7 Å². The monoisotopic (exact) mass is 391 g/mol. The minimum absolute atomic E-state index is 0.146. The zero-order chi connectivity index (χ0) is 18.5. The van der Waals surface area contributed by atoms with Gasteiger partial charge in [0.05, 0.1) is 22.2 Å². The maximum atomic E-state index is 12.0. The molecule has 0 unspecified atom stereocenters. The van der Waals surface area contributed by atoms with E-state index in [1.807, 2.05) is 6.07 Å². The number of hydrogen-bond donors (Lipinski definition) is 1. The van der Waals surface area contributed by atoms with Crippen molar-refractivity contribution in [2.45, 2.75) is 32.1 Å². The van der Waals surface area contributed by atoms with E-state index in [0.717, 1.165) is 18.4 Å². The fourth-order valence-electron chi connectivity index (χ4n) is 3.05. The summed E-state index contributed by atoms with van der Waals surface area (Å²) in [5.41, 5.74) is 3.90. The molecule has 0 heterocycles. The Bertz CT molecular complexity index is 816. The molecule has 26 heavy (non-hydrogen) atoms. The van der Waals surface area contributed by atoms with E-state index < -0.39 is 11.9 Å². The number of benzene rings is 2. The Balaban J connectivity index is 1.51. The molecule has 136 valence electrons. The van der Waals surface area contributed by atoms with Crippen molar-refractivity contribution < 1.29 is 14.3 Å². The lowest BCUT2D eigenvalue weighted by Gasteiger charge is -2.16. The summed E-state index contributed by atoms with van der Waals surface area (Å²) in [4.78, 5) is 24.0. The first-order valence-corrected chi connectivity index (χ1v) is 9.28. The SMILES string of the molecule is O=C(COC(=O)Cc1ccc2c(c1)CCCC2)Nc1c(Cl)cccc1Cl. The molecule has 0 aliphatic heterocycles. The van der Waals surface area contributed by atoms with Gasteiger partial charge in [0.15, 0.2) is 6.61 Å². The van der Waals surface area contributed by atoms with E-state index in [-0.39, 0.29) is 13.0 Å². The van der Waals surface area contributed by atoms with Crippen LogP contribution in [0.3, 0.4) is 0 Å². The van der Waals surface area contributed by atoms with Gasteiger partial charge in [-0.1, -0.05) is 47.5 Å². The van der Waals surface area contributed by atoms with Crippen molar-refractivity contribution in [1.82, 2.24) is 0 Å². The maximum absolute atomic E-state index is 12.0. The third kappa shape index (κ3) is 4.77. The van der Waals surface area contributed by atoms with Crippen molar-refractivity contribution in [2.24, 2.45) is 0 Å². The summed E-state index contributed by atoms with van der Waals surface area (Å²) in [7, 11) is 0. The van der Waals surface area contributed by atoms with Crippen molar-refractivity contribution in [3.05, 3.63) is 63.1 Å². The third-order valence-electron chi connectivity index (χ3n) is 4.35. The number of halogens is 2. The fraction of sp³-hybridized carbons (Fsp3) is 0.300. The van der Waals surface area contributed by atoms with Gasteiger partial charge in [0.25, 0.3) is 5.91 Å². The van der Waals surface area contributed by atoms with Gasteiger partial charge >= 0.3 is 5.97 Å². The van der Waals surface area contributed by atoms with Gasteiger partial charge in [-0.15, -0.1) is 0 Å². The van der Waals surface area contributed by atoms with Gasteiger partial charge in [0.2, 0.25) is 0 Å². The Labute approximate surface area is 162 Å². The Hall–Kier alpha value is -2.04. The second-order valence-electron chi connectivity index (χ2n) is 6.29. The van der Waals surface area contributed by atoms with Crippen molar-refractivity contribution >= 4 is 40.8 Å². The third-order valence-corrected chi connectivity index (χ3v) is 4.98. The predicted octanol–water partition coefficient (Wildman–Crippen LogP) is 4.60. The molecule has 0 radical (unpaired) electrons. The minimum atomic E-state index is -0.487. The highest BCUT2D eigenvalue weighted by Gasteiger charge is 2.14. The molecular weight excluding hydrogens is 373 g/mol. The molecular formula is C20H19Cl2NO3. The van der Waals surface area contributed by atoms with Crippen molar-refractivity contribution in [3.63, 3.8) is 0 Å². The molecule has 4 nitrogen and oxygen atoms in total. The summed E-state index contributed by atoms with van der Waals surface area (Å²) in [6.07, 6.45) is 4.71. The number of aryl methyl sites for hydroxylation is 2. The van der Waals surface area contributed by atoms with Crippen LogP contribution in [0.4, 0.5) is 5.69 Å².